The third kappa shape index (κ3) is 6.23. The lowest BCUT2D eigenvalue weighted by Gasteiger charge is -2.26. The maximum atomic E-state index is 12.0. The van der Waals surface area contributed by atoms with Gasteiger partial charge in [-0.05, 0) is 58.1 Å². The minimum atomic E-state index is -0.912. The predicted octanol–water partition coefficient (Wildman–Crippen LogP) is 3.00. The van der Waals surface area contributed by atoms with E-state index < -0.39 is 11.2 Å². The van der Waals surface area contributed by atoms with E-state index in [9.17, 15) is 9.90 Å². The number of carbonyl (C=O) groups is 1. The minimum Gasteiger partial charge on any atom is -0.444 e. The first-order valence-electron chi connectivity index (χ1n) is 10.5. The van der Waals surface area contributed by atoms with Crippen LogP contribution in [0, 0.1) is 0 Å². The van der Waals surface area contributed by atoms with E-state index in [1.807, 2.05) is 45.9 Å². The van der Waals surface area contributed by atoms with Gasteiger partial charge in [0.2, 0.25) is 0 Å². The number of aliphatic imine (C=N–C) groups is 1. The molecule has 0 bridgehead atoms. The highest BCUT2D eigenvalue weighted by Crippen LogP contribution is 2.36. The normalized spacial score (nSPS) is 23.6. The van der Waals surface area contributed by atoms with Crippen molar-refractivity contribution in [1.82, 2.24) is 15.5 Å². The topological polar surface area (TPSA) is 86.2 Å². The number of nitrogens with one attached hydrogen (secondary N) is 2. The van der Waals surface area contributed by atoms with Crippen molar-refractivity contribution in [2.45, 2.75) is 64.2 Å². The average Bonchev–Trinajstić information content (AvgIpc) is 3.23. The summed E-state index contributed by atoms with van der Waals surface area (Å²) in [6.45, 7) is 10.1. The van der Waals surface area contributed by atoms with Gasteiger partial charge in [-0.2, -0.15) is 0 Å². The molecule has 0 saturated carbocycles. The molecule has 1 heterocycles. The molecule has 1 aromatic carbocycles. The van der Waals surface area contributed by atoms with Crippen LogP contribution in [0.4, 0.5) is 4.79 Å². The number of benzene rings is 1. The van der Waals surface area contributed by atoms with Gasteiger partial charge in [-0.3, -0.25) is 0 Å². The number of halogens is 1. The molecule has 7 nitrogen and oxygen atoms in total. The van der Waals surface area contributed by atoms with Crippen LogP contribution in [0.1, 0.15) is 51.7 Å². The number of hydrogen-bond acceptors (Lipinski definition) is 4. The Bertz CT molecular complexity index is 765. The maximum absolute atomic E-state index is 12.0. The lowest BCUT2D eigenvalue weighted by Crippen LogP contribution is -2.44. The number of guanidine groups is 1. The molecule has 1 saturated heterocycles. The van der Waals surface area contributed by atoms with Crippen LogP contribution in [0.3, 0.4) is 0 Å². The second-order valence-corrected chi connectivity index (χ2v) is 8.94. The Labute approximate surface area is 196 Å². The van der Waals surface area contributed by atoms with Crippen LogP contribution in [-0.4, -0.2) is 59.9 Å². The smallest absolute Gasteiger partial charge is 0.407 e. The number of alkyl carbamates (subject to hydrolysis) is 1. The van der Waals surface area contributed by atoms with E-state index in [2.05, 4.69) is 21.6 Å². The summed E-state index contributed by atoms with van der Waals surface area (Å²) in [7, 11) is 0. The van der Waals surface area contributed by atoms with Gasteiger partial charge in [0, 0.05) is 19.6 Å². The van der Waals surface area contributed by atoms with Crippen LogP contribution in [-0.2, 0) is 16.8 Å². The number of likely N-dealkylation sites (tertiary alicyclic amines) is 1. The molecule has 1 amide bonds. The fourth-order valence-corrected chi connectivity index (χ4v) is 4.01. The second-order valence-electron chi connectivity index (χ2n) is 8.94. The Balaban J connectivity index is 0.00000320. The van der Waals surface area contributed by atoms with E-state index in [1.165, 1.54) is 5.56 Å². The maximum Gasteiger partial charge on any atom is 0.407 e. The highest BCUT2D eigenvalue weighted by molar-refractivity contribution is 14.0. The highest BCUT2D eigenvalue weighted by atomic mass is 127. The molecule has 168 valence electrons. The summed E-state index contributed by atoms with van der Waals surface area (Å²) in [4.78, 5) is 18.9. The van der Waals surface area contributed by atoms with Crippen molar-refractivity contribution in [3.8, 4) is 0 Å². The number of hydrogen-bond donors (Lipinski definition) is 3. The van der Waals surface area contributed by atoms with E-state index >= 15 is 0 Å². The molecule has 0 aromatic heterocycles. The third-order valence-electron chi connectivity index (χ3n) is 5.36. The average molecular weight is 530 g/mol. The first-order valence-corrected chi connectivity index (χ1v) is 10.5. The predicted molar refractivity (Wildman–Crippen MR) is 129 cm³/mol. The van der Waals surface area contributed by atoms with Gasteiger partial charge in [-0.1, -0.05) is 24.3 Å². The molecular weight excluding hydrogens is 495 g/mol. The zero-order chi connectivity index (χ0) is 21.1. The standard InChI is InChI=1S/C22H34N4O3.HI/c1-5-23-19(24-15-22(28)12-10-16-8-6-7-9-18(16)22)26-13-11-17(14-26)25-20(27)29-21(2,3)4;/h6-9,17,28H,5,10-15H2,1-4H3,(H,23,24)(H,25,27);1H/t17-,22?;/m1./s1. The molecule has 1 unspecified atom stereocenters. The molecule has 3 N–H and O–H groups in total. The van der Waals surface area contributed by atoms with Crippen LogP contribution < -0.4 is 10.6 Å². The zero-order valence-corrected chi connectivity index (χ0v) is 20.7. The van der Waals surface area contributed by atoms with Crippen molar-refractivity contribution < 1.29 is 14.6 Å². The fourth-order valence-electron chi connectivity index (χ4n) is 4.01. The molecule has 1 fully saturated rings. The quantitative estimate of drug-likeness (QED) is 0.317. The minimum absolute atomic E-state index is 0. The van der Waals surface area contributed by atoms with Gasteiger partial charge in [0.1, 0.15) is 11.2 Å². The van der Waals surface area contributed by atoms with Crippen molar-refractivity contribution in [3.05, 3.63) is 35.4 Å². The van der Waals surface area contributed by atoms with E-state index in [0.29, 0.717) is 19.5 Å². The first kappa shape index (κ1) is 24.7. The number of nitrogens with zero attached hydrogens (tertiary/aromatic N) is 2. The second kappa shape index (κ2) is 10.2. The largest absolute Gasteiger partial charge is 0.444 e. The Kier molecular flexibility index (Phi) is 8.38. The van der Waals surface area contributed by atoms with E-state index in [1.54, 1.807) is 0 Å². The van der Waals surface area contributed by atoms with Gasteiger partial charge < -0.3 is 25.4 Å². The molecule has 30 heavy (non-hydrogen) atoms. The number of aryl methyl sites for hydroxylation is 1. The van der Waals surface area contributed by atoms with Crippen LogP contribution in [0.2, 0.25) is 0 Å². The first-order chi connectivity index (χ1) is 13.7. The molecular formula is C22H35IN4O3. The van der Waals surface area contributed by atoms with Crippen LogP contribution in [0.5, 0.6) is 0 Å². The van der Waals surface area contributed by atoms with Crippen LogP contribution in [0.25, 0.3) is 0 Å². The van der Waals surface area contributed by atoms with E-state index in [-0.39, 0.29) is 36.1 Å². The summed E-state index contributed by atoms with van der Waals surface area (Å²) in [5.41, 5.74) is 0.778. The molecule has 1 aliphatic carbocycles. The van der Waals surface area contributed by atoms with Crippen molar-refractivity contribution >= 4 is 36.0 Å². The Morgan fingerprint density at radius 3 is 2.80 bits per heavy atom. The SMILES string of the molecule is CCNC(=NCC1(O)CCc2ccccc21)N1CC[C@@H](NC(=O)OC(C)(C)C)C1.I. The number of fused-ring (bicyclic) bond motifs is 1. The third-order valence-corrected chi connectivity index (χ3v) is 5.36. The van der Waals surface area contributed by atoms with E-state index in [0.717, 1.165) is 37.5 Å². The molecule has 1 aromatic rings. The summed E-state index contributed by atoms with van der Waals surface area (Å²) < 4.78 is 5.36. The molecule has 3 rings (SSSR count). The van der Waals surface area contributed by atoms with Crippen LogP contribution >= 0.6 is 24.0 Å². The van der Waals surface area contributed by atoms with Gasteiger partial charge in [0.25, 0.3) is 0 Å². The number of rotatable bonds is 4. The van der Waals surface area contributed by atoms with Gasteiger partial charge >= 0.3 is 6.09 Å². The van der Waals surface area contributed by atoms with E-state index in [4.69, 9.17) is 9.73 Å². The fraction of sp³-hybridized carbons (Fsp3) is 0.636. The molecule has 0 radical (unpaired) electrons. The molecule has 2 atom stereocenters. The van der Waals surface area contributed by atoms with Gasteiger partial charge in [-0.15, -0.1) is 24.0 Å². The Morgan fingerprint density at radius 2 is 2.10 bits per heavy atom. The Hall–Kier alpha value is -1.55. The number of amides is 1. The summed E-state index contributed by atoms with van der Waals surface area (Å²) in [5, 5.41) is 17.4. The zero-order valence-electron chi connectivity index (χ0n) is 18.4. The highest BCUT2D eigenvalue weighted by Gasteiger charge is 2.37. The number of aliphatic hydroxyl groups is 1. The molecule has 0 spiro atoms. The Morgan fingerprint density at radius 1 is 1.37 bits per heavy atom. The van der Waals surface area contributed by atoms with Crippen LogP contribution in [0.15, 0.2) is 29.3 Å². The summed E-state index contributed by atoms with van der Waals surface area (Å²) in [6.07, 6.45) is 2.02. The molecule has 2 aliphatic rings. The number of ether oxygens (including phenoxy) is 1. The lowest BCUT2D eigenvalue weighted by molar-refractivity contribution is 0.0483. The lowest BCUT2D eigenvalue weighted by atomic mass is 9.96. The van der Waals surface area contributed by atoms with Crippen molar-refractivity contribution in [2.75, 3.05) is 26.2 Å². The summed E-state index contributed by atoms with van der Waals surface area (Å²) in [6, 6.07) is 8.08. The van der Waals surface area contributed by atoms with Crippen molar-refractivity contribution in [2.24, 2.45) is 4.99 Å². The molecule has 8 heteroatoms. The van der Waals surface area contributed by atoms with Crippen molar-refractivity contribution in [3.63, 3.8) is 0 Å². The summed E-state index contributed by atoms with van der Waals surface area (Å²) >= 11 is 0. The van der Waals surface area contributed by atoms with Crippen molar-refractivity contribution in [1.29, 1.82) is 0 Å². The van der Waals surface area contributed by atoms with Gasteiger partial charge in [0.15, 0.2) is 5.96 Å². The molecule has 1 aliphatic heterocycles. The van der Waals surface area contributed by atoms with Gasteiger partial charge in [0.05, 0.1) is 12.6 Å². The summed E-state index contributed by atoms with van der Waals surface area (Å²) in [5.74, 6) is 0.777. The number of carbonyl (C=O) groups excluding carboxylic acids is 1. The monoisotopic (exact) mass is 530 g/mol. The van der Waals surface area contributed by atoms with Gasteiger partial charge in [-0.25, -0.2) is 9.79 Å².